The number of benzene rings is 2. The summed E-state index contributed by atoms with van der Waals surface area (Å²) in [6.45, 7) is 0.235. The molecule has 1 N–H and O–H groups in total. The van der Waals surface area contributed by atoms with Crippen LogP contribution in [0.3, 0.4) is 0 Å². The van der Waals surface area contributed by atoms with E-state index in [4.69, 9.17) is 4.74 Å². The van der Waals surface area contributed by atoms with Crippen LogP contribution in [-0.4, -0.2) is 24.5 Å². The molecule has 3 aromatic rings. The van der Waals surface area contributed by atoms with Gasteiger partial charge in [-0.15, -0.1) is 0 Å². The van der Waals surface area contributed by atoms with Crippen LogP contribution >= 0.6 is 0 Å². The van der Waals surface area contributed by atoms with Crippen molar-refractivity contribution in [3.05, 3.63) is 71.4 Å². The Bertz CT molecular complexity index is 908. The summed E-state index contributed by atoms with van der Waals surface area (Å²) in [7, 11) is 1.49. The summed E-state index contributed by atoms with van der Waals surface area (Å²) in [5, 5.41) is 4.36. The first-order valence-corrected chi connectivity index (χ1v) is 7.74. The zero-order chi connectivity index (χ0) is 17.8. The van der Waals surface area contributed by atoms with E-state index < -0.39 is 11.6 Å². The number of hydrogen-bond donors (Lipinski definition) is 1. The number of methoxy groups -OCH3 is 1. The zero-order valence-corrected chi connectivity index (χ0v) is 13.6. The number of aromatic nitrogens is 1. The fourth-order valence-corrected chi connectivity index (χ4v) is 2.60. The number of carbonyl (C=O) groups excluding carboxylic acids is 1. The Kier molecular flexibility index (Phi) is 4.88. The van der Waals surface area contributed by atoms with Gasteiger partial charge in [-0.3, -0.25) is 4.79 Å². The van der Waals surface area contributed by atoms with Crippen molar-refractivity contribution >= 4 is 16.7 Å². The Hall–Kier alpha value is -3.02. The first-order chi connectivity index (χ1) is 12.1. The van der Waals surface area contributed by atoms with Crippen molar-refractivity contribution in [2.45, 2.75) is 6.42 Å². The van der Waals surface area contributed by atoms with E-state index in [1.807, 2.05) is 24.3 Å². The number of amides is 1. The third-order valence-corrected chi connectivity index (χ3v) is 3.75. The first-order valence-electron chi connectivity index (χ1n) is 7.74. The third kappa shape index (κ3) is 3.91. The topological polar surface area (TPSA) is 51.2 Å². The van der Waals surface area contributed by atoms with E-state index in [2.05, 4.69) is 10.3 Å². The molecule has 25 heavy (non-hydrogen) atoms. The number of carbonyl (C=O) groups is 1. The molecule has 0 aliphatic rings. The predicted molar refractivity (Wildman–Crippen MR) is 90.7 cm³/mol. The van der Waals surface area contributed by atoms with Gasteiger partial charge in [0.05, 0.1) is 7.11 Å². The van der Waals surface area contributed by atoms with Crippen molar-refractivity contribution in [3.63, 3.8) is 0 Å². The number of nitrogens with one attached hydrogen (secondary N) is 1. The number of fused-ring (bicyclic) bond motifs is 1. The fourth-order valence-electron chi connectivity index (χ4n) is 2.60. The summed E-state index contributed by atoms with van der Waals surface area (Å²) in [6.07, 6.45) is 0.311. The molecule has 0 spiro atoms. The third-order valence-electron chi connectivity index (χ3n) is 3.75. The Labute approximate surface area is 143 Å². The highest BCUT2D eigenvalue weighted by atomic mass is 19.1. The maximum Gasteiger partial charge on any atom is 0.270 e. The quantitative estimate of drug-likeness (QED) is 0.772. The van der Waals surface area contributed by atoms with Gasteiger partial charge in [0, 0.05) is 18.0 Å². The molecule has 128 valence electrons. The molecule has 0 saturated carbocycles. The minimum absolute atomic E-state index is 0.223. The second-order valence-electron chi connectivity index (χ2n) is 5.52. The summed E-state index contributed by atoms with van der Waals surface area (Å²) in [5.74, 6) is -1.28. The van der Waals surface area contributed by atoms with Crippen LogP contribution in [0.5, 0.6) is 5.88 Å². The maximum atomic E-state index is 13.2. The number of rotatable bonds is 5. The molecule has 0 unspecified atom stereocenters. The lowest BCUT2D eigenvalue weighted by Crippen LogP contribution is -2.26. The van der Waals surface area contributed by atoms with Gasteiger partial charge in [0.25, 0.3) is 5.91 Å². The summed E-state index contributed by atoms with van der Waals surface area (Å²) < 4.78 is 31.6. The second-order valence-corrected chi connectivity index (χ2v) is 5.52. The van der Waals surface area contributed by atoms with Crippen LogP contribution in [0, 0.1) is 11.6 Å². The Balaban J connectivity index is 1.72. The van der Waals surface area contributed by atoms with Crippen molar-refractivity contribution in [2.75, 3.05) is 13.7 Å². The van der Waals surface area contributed by atoms with E-state index in [0.29, 0.717) is 17.9 Å². The van der Waals surface area contributed by atoms with E-state index in [1.54, 1.807) is 6.07 Å². The monoisotopic (exact) mass is 342 g/mol. The molecular weight excluding hydrogens is 326 g/mol. The van der Waals surface area contributed by atoms with E-state index in [0.717, 1.165) is 16.8 Å². The summed E-state index contributed by atoms with van der Waals surface area (Å²) in [5.41, 5.74) is 0.697. The molecule has 4 nitrogen and oxygen atoms in total. The molecule has 0 radical (unpaired) electrons. The van der Waals surface area contributed by atoms with E-state index >= 15 is 0 Å². The number of halogens is 2. The SMILES string of the molecule is COc1nc(C(=O)NCCc2cc(F)cc(F)c2)cc2ccccc12. The molecule has 0 fully saturated rings. The molecule has 2 aromatic carbocycles. The molecule has 6 heteroatoms. The summed E-state index contributed by atoms with van der Waals surface area (Å²) >= 11 is 0. The number of hydrogen-bond acceptors (Lipinski definition) is 3. The molecule has 1 amide bonds. The summed E-state index contributed by atoms with van der Waals surface area (Å²) in [6, 6.07) is 12.4. The zero-order valence-electron chi connectivity index (χ0n) is 13.6. The number of ether oxygens (including phenoxy) is 1. The number of pyridine rings is 1. The standard InChI is InChI=1S/C19H16F2N2O2/c1-25-19-16-5-3-2-4-13(16)10-17(23-19)18(24)22-7-6-12-8-14(20)11-15(21)9-12/h2-5,8-11H,6-7H2,1H3,(H,22,24). The number of nitrogens with zero attached hydrogens (tertiary/aromatic N) is 1. The average molecular weight is 342 g/mol. The molecule has 0 atom stereocenters. The molecule has 1 aromatic heterocycles. The van der Waals surface area contributed by atoms with Gasteiger partial charge < -0.3 is 10.1 Å². The minimum Gasteiger partial charge on any atom is -0.481 e. The molecule has 0 bridgehead atoms. The lowest BCUT2D eigenvalue weighted by atomic mass is 10.1. The van der Waals surface area contributed by atoms with Crippen LogP contribution < -0.4 is 10.1 Å². The minimum atomic E-state index is -0.637. The van der Waals surface area contributed by atoms with E-state index in [1.165, 1.54) is 19.2 Å². The van der Waals surface area contributed by atoms with Crippen molar-refractivity contribution in [3.8, 4) is 5.88 Å². The molecule has 1 heterocycles. The highest BCUT2D eigenvalue weighted by Crippen LogP contribution is 2.24. The predicted octanol–water partition coefficient (Wildman–Crippen LogP) is 3.49. The molecule has 3 rings (SSSR count). The van der Waals surface area contributed by atoms with Crippen LogP contribution in [0.15, 0.2) is 48.5 Å². The molecular formula is C19H16F2N2O2. The van der Waals surface area contributed by atoms with Crippen LogP contribution in [-0.2, 0) is 6.42 Å². The largest absolute Gasteiger partial charge is 0.481 e. The van der Waals surface area contributed by atoms with Gasteiger partial charge >= 0.3 is 0 Å². The Morgan fingerprint density at radius 1 is 1.12 bits per heavy atom. The average Bonchev–Trinajstić information content (AvgIpc) is 2.59. The lowest BCUT2D eigenvalue weighted by Gasteiger charge is -2.09. The van der Waals surface area contributed by atoms with Gasteiger partial charge in [-0.1, -0.05) is 18.2 Å². The Morgan fingerprint density at radius 2 is 1.84 bits per heavy atom. The highest BCUT2D eigenvalue weighted by molar-refractivity contribution is 5.98. The van der Waals surface area contributed by atoms with Gasteiger partial charge in [0.2, 0.25) is 5.88 Å². The molecule has 0 saturated heterocycles. The molecule has 0 aliphatic heterocycles. The van der Waals surface area contributed by atoms with Gasteiger partial charge in [0.1, 0.15) is 17.3 Å². The van der Waals surface area contributed by atoms with Crippen LogP contribution in [0.2, 0.25) is 0 Å². The van der Waals surface area contributed by atoms with Crippen LogP contribution in [0.1, 0.15) is 16.1 Å². The van der Waals surface area contributed by atoms with Gasteiger partial charge in [-0.2, -0.15) is 0 Å². The van der Waals surface area contributed by atoms with Gasteiger partial charge in [0.15, 0.2) is 0 Å². The second kappa shape index (κ2) is 7.25. The van der Waals surface area contributed by atoms with Gasteiger partial charge in [-0.05, 0) is 41.6 Å². The van der Waals surface area contributed by atoms with E-state index in [-0.39, 0.29) is 18.1 Å². The highest BCUT2D eigenvalue weighted by Gasteiger charge is 2.12. The normalized spacial score (nSPS) is 10.7. The summed E-state index contributed by atoms with van der Waals surface area (Å²) in [4.78, 5) is 16.5. The molecule has 0 aliphatic carbocycles. The van der Waals surface area contributed by atoms with Crippen LogP contribution in [0.4, 0.5) is 8.78 Å². The maximum absolute atomic E-state index is 13.2. The lowest BCUT2D eigenvalue weighted by molar-refractivity contribution is 0.0948. The van der Waals surface area contributed by atoms with Crippen LogP contribution in [0.25, 0.3) is 10.8 Å². The van der Waals surface area contributed by atoms with Crippen molar-refractivity contribution in [1.29, 1.82) is 0 Å². The van der Waals surface area contributed by atoms with Crippen molar-refractivity contribution < 1.29 is 18.3 Å². The van der Waals surface area contributed by atoms with Crippen molar-refractivity contribution in [2.24, 2.45) is 0 Å². The fraction of sp³-hybridized carbons (Fsp3) is 0.158. The smallest absolute Gasteiger partial charge is 0.270 e. The van der Waals surface area contributed by atoms with Gasteiger partial charge in [-0.25, -0.2) is 13.8 Å². The first kappa shape index (κ1) is 16.8. The van der Waals surface area contributed by atoms with Crippen molar-refractivity contribution in [1.82, 2.24) is 10.3 Å². The van der Waals surface area contributed by atoms with E-state index in [9.17, 15) is 13.6 Å². The Morgan fingerprint density at radius 3 is 2.56 bits per heavy atom.